The van der Waals surface area contributed by atoms with Crippen molar-refractivity contribution in [3.8, 4) is 0 Å². The zero-order chi connectivity index (χ0) is 14.8. The van der Waals surface area contributed by atoms with E-state index >= 15 is 0 Å². The van der Waals surface area contributed by atoms with E-state index < -0.39 is 0 Å². The molecule has 0 spiro atoms. The largest absolute Gasteiger partial charge is 0.314 e. The molecule has 0 aromatic heterocycles. The van der Waals surface area contributed by atoms with Crippen LogP contribution in [-0.2, 0) is 0 Å². The van der Waals surface area contributed by atoms with Crippen LogP contribution < -0.4 is 5.32 Å². The highest BCUT2D eigenvalue weighted by Crippen LogP contribution is 2.36. The summed E-state index contributed by atoms with van der Waals surface area (Å²) >= 11 is 0. The van der Waals surface area contributed by atoms with Gasteiger partial charge < -0.3 is 5.32 Å². The van der Waals surface area contributed by atoms with Crippen molar-refractivity contribution in [2.45, 2.75) is 97.9 Å². The van der Waals surface area contributed by atoms with Gasteiger partial charge in [0, 0.05) is 6.04 Å². The molecule has 0 aromatic carbocycles. The van der Waals surface area contributed by atoms with E-state index in [-0.39, 0.29) is 0 Å². The monoisotopic (exact) mass is 281 g/mol. The van der Waals surface area contributed by atoms with Gasteiger partial charge in [0.2, 0.25) is 0 Å². The maximum Gasteiger partial charge on any atom is 0.00955 e. The number of rotatable bonds is 10. The number of hydrogen-bond acceptors (Lipinski definition) is 1. The molecule has 0 heterocycles. The van der Waals surface area contributed by atoms with Gasteiger partial charge >= 0.3 is 0 Å². The van der Waals surface area contributed by atoms with Gasteiger partial charge in [-0.25, -0.2) is 0 Å². The molecular weight excluding hydrogens is 242 g/mol. The van der Waals surface area contributed by atoms with Crippen LogP contribution in [-0.4, -0.2) is 12.6 Å². The molecule has 1 saturated carbocycles. The van der Waals surface area contributed by atoms with Crippen LogP contribution in [0, 0.1) is 17.8 Å². The predicted octanol–water partition coefficient (Wildman–Crippen LogP) is 5.79. The first-order valence-electron chi connectivity index (χ1n) is 9.42. The predicted molar refractivity (Wildman–Crippen MR) is 91.1 cm³/mol. The van der Waals surface area contributed by atoms with Crippen LogP contribution >= 0.6 is 0 Å². The van der Waals surface area contributed by atoms with Gasteiger partial charge in [-0.3, -0.25) is 0 Å². The van der Waals surface area contributed by atoms with Crippen molar-refractivity contribution >= 4 is 0 Å². The third-order valence-electron chi connectivity index (χ3n) is 5.30. The van der Waals surface area contributed by atoms with E-state index in [0.29, 0.717) is 0 Å². The third kappa shape index (κ3) is 6.61. The van der Waals surface area contributed by atoms with E-state index in [1.54, 1.807) is 0 Å². The summed E-state index contributed by atoms with van der Waals surface area (Å²) in [4.78, 5) is 0. The zero-order valence-electron chi connectivity index (χ0n) is 14.6. The van der Waals surface area contributed by atoms with E-state index in [2.05, 4.69) is 33.0 Å². The van der Waals surface area contributed by atoms with Gasteiger partial charge in [0.15, 0.2) is 0 Å². The minimum atomic E-state index is 0.816. The van der Waals surface area contributed by atoms with E-state index in [4.69, 9.17) is 0 Å². The fourth-order valence-electron chi connectivity index (χ4n) is 3.83. The fourth-order valence-corrected chi connectivity index (χ4v) is 3.83. The molecule has 1 fully saturated rings. The quantitative estimate of drug-likeness (QED) is 0.500. The lowest BCUT2D eigenvalue weighted by Gasteiger charge is -2.38. The second kappa shape index (κ2) is 10.7. The van der Waals surface area contributed by atoms with Crippen molar-refractivity contribution in [3.05, 3.63) is 0 Å². The molecule has 20 heavy (non-hydrogen) atoms. The van der Waals surface area contributed by atoms with Crippen LogP contribution in [0.25, 0.3) is 0 Å². The molecule has 0 radical (unpaired) electrons. The first-order chi connectivity index (χ1) is 9.69. The Morgan fingerprint density at radius 3 is 2.35 bits per heavy atom. The lowest BCUT2D eigenvalue weighted by molar-refractivity contribution is 0.158. The summed E-state index contributed by atoms with van der Waals surface area (Å²) in [6.45, 7) is 10.6. The molecule has 0 bridgehead atoms. The Morgan fingerprint density at radius 1 is 0.950 bits per heavy atom. The molecule has 1 heteroatoms. The Hall–Kier alpha value is -0.0400. The first kappa shape index (κ1) is 18.0. The lowest BCUT2D eigenvalue weighted by atomic mass is 9.72. The summed E-state index contributed by atoms with van der Waals surface area (Å²) in [5.41, 5.74) is 0. The maximum absolute atomic E-state index is 3.83. The molecule has 0 aromatic rings. The molecule has 3 atom stereocenters. The smallest absolute Gasteiger partial charge is 0.00955 e. The van der Waals surface area contributed by atoms with Crippen LogP contribution in [0.1, 0.15) is 91.9 Å². The average molecular weight is 282 g/mol. The van der Waals surface area contributed by atoms with E-state index in [0.717, 1.165) is 23.8 Å². The molecule has 0 saturated heterocycles. The third-order valence-corrected chi connectivity index (χ3v) is 5.30. The van der Waals surface area contributed by atoms with Crippen molar-refractivity contribution in [1.29, 1.82) is 0 Å². The van der Waals surface area contributed by atoms with Gasteiger partial charge in [0.25, 0.3) is 0 Å². The van der Waals surface area contributed by atoms with Crippen LogP contribution in [0.5, 0.6) is 0 Å². The van der Waals surface area contributed by atoms with Gasteiger partial charge in [-0.05, 0) is 56.4 Å². The summed E-state index contributed by atoms with van der Waals surface area (Å²) in [6, 6.07) is 0.816. The number of hydrogen-bond donors (Lipinski definition) is 1. The van der Waals surface area contributed by atoms with Gasteiger partial charge in [0.1, 0.15) is 0 Å². The van der Waals surface area contributed by atoms with Crippen LogP contribution in [0.3, 0.4) is 0 Å². The molecule has 0 amide bonds. The van der Waals surface area contributed by atoms with Gasteiger partial charge in [-0.2, -0.15) is 0 Å². The van der Waals surface area contributed by atoms with E-state index in [1.807, 2.05) is 0 Å². The molecule has 1 aliphatic rings. The molecule has 1 rings (SSSR count). The van der Waals surface area contributed by atoms with Gasteiger partial charge in [-0.15, -0.1) is 0 Å². The highest BCUT2D eigenvalue weighted by atomic mass is 14.9. The molecule has 0 aliphatic heterocycles. The lowest BCUT2D eigenvalue weighted by Crippen LogP contribution is -2.41. The Bertz CT molecular complexity index is 224. The minimum Gasteiger partial charge on any atom is -0.314 e. The topological polar surface area (TPSA) is 12.0 Å². The second-order valence-electron chi connectivity index (χ2n) is 7.34. The van der Waals surface area contributed by atoms with Crippen molar-refractivity contribution in [1.82, 2.24) is 5.32 Å². The van der Waals surface area contributed by atoms with Crippen LogP contribution in [0.4, 0.5) is 0 Å². The van der Waals surface area contributed by atoms with Gasteiger partial charge in [0.05, 0.1) is 0 Å². The maximum atomic E-state index is 3.83. The molecule has 1 N–H and O–H groups in total. The zero-order valence-corrected chi connectivity index (χ0v) is 14.6. The SMILES string of the molecule is CCCCCCCC1CC(C(C)C)CCC1NCCC. The Kier molecular flexibility index (Phi) is 9.59. The summed E-state index contributed by atoms with van der Waals surface area (Å²) in [5, 5.41) is 3.83. The summed E-state index contributed by atoms with van der Waals surface area (Å²) in [5.74, 6) is 2.81. The van der Waals surface area contributed by atoms with Crippen LogP contribution in [0.2, 0.25) is 0 Å². The normalized spacial score (nSPS) is 27.1. The van der Waals surface area contributed by atoms with E-state index in [1.165, 1.54) is 70.8 Å². The van der Waals surface area contributed by atoms with Crippen LogP contribution in [0.15, 0.2) is 0 Å². The highest BCUT2D eigenvalue weighted by Gasteiger charge is 2.30. The Morgan fingerprint density at radius 2 is 1.70 bits per heavy atom. The Balaban J connectivity index is 2.36. The van der Waals surface area contributed by atoms with Crippen molar-refractivity contribution in [3.63, 3.8) is 0 Å². The van der Waals surface area contributed by atoms with Crippen molar-refractivity contribution in [2.24, 2.45) is 17.8 Å². The molecular formula is C19H39N. The highest BCUT2D eigenvalue weighted by molar-refractivity contribution is 4.85. The fraction of sp³-hybridized carbons (Fsp3) is 1.00. The van der Waals surface area contributed by atoms with Gasteiger partial charge in [-0.1, -0.05) is 59.8 Å². The first-order valence-corrected chi connectivity index (χ1v) is 9.42. The standard InChI is InChI=1S/C19H39N/c1-5-7-8-9-10-11-18-15-17(16(3)4)12-13-19(18)20-14-6-2/h16-20H,5-15H2,1-4H3. The molecule has 1 nitrogen and oxygen atoms in total. The average Bonchev–Trinajstić information content (AvgIpc) is 2.45. The number of nitrogens with one attached hydrogen (secondary N) is 1. The Labute approximate surface area is 128 Å². The molecule has 3 unspecified atom stereocenters. The van der Waals surface area contributed by atoms with Crippen molar-refractivity contribution in [2.75, 3.05) is 6.54 Å². The summed E-state index contributed by atoms with van der Waals surface area (Å²) in [6.07, 6.45) is 14.2. The second-order valence-corrected chi connectivity index (χ2v) is 7.34. The summed E-state index contributed by atoms with van der Waals surface area (Å²) in [7, 11) is 0. The van der Waals surface area contributed by atoms with Crippen molar-refractivity contribution < 1.29 is 0 Å². The molecule has 1 aliphatic carbocycles. The number of unbranched alkanes of at least 4 members (excludes halogenated alkanes) is 4. The van der Waals surface area contributed by atoms with E-state index in [9.17, 15) is 0 Å². The minimum absolute atomic E-state index is 0.816. The molecule has 120 valence electrons. The summed E-state index contributed by atoms with van der Waals surface area (Å²) < 4.78 is 0.